The monoisotopic (exact) mass is 218 g/mol. The minimum Gasteiger partial charge on any atom is -0.396 e. The van der Waals surface area contributed by atoms with Crippen LogP contribution in [0.4, 0.5) is 0 Å². The van der Waals surface area contributed by atoms with Gasteiger partial charge in [0.2, 0.25) is 0 Å². The Labute approximate surface area is 85.4 Å². The average Bonchev–Trinajstić information content (AvgIpc) is 2.70. The first-order valence-corrected chi connectivity index (χ1v) is 7.29. The lowest BCUT2D eigenvalue weighted by molar-refractivity contribution is 0.113. The Hall–Kier alpha value is -0.0900. The fourth-order valence-electron chi connectivity index (χ4n) is 2.82. The van der Waals surface area contributed by atoms with Gasteiger partial charge in [0.05, 0.1) is 5.75 Å². The van der Waals surface area contributed by atoms with Crippen LogP contribution in [0, 0.1) is 17.3 Å². The van der Waals surface area contributed by atoms with E-state index in [1.807, 2.05) is 0 Å². The molecule has 0 heterocycles. The molecule has 1 N–H and O–H groups in total. The molecule has 0 aromatic rings. The Bertz CT molecular complexity index is 310. The van der Waals surface area contributed by atoms with Crippen LogP contribution in [0.15, 0.2) is 0 Å². The van der Waals surface area contributed by atoms with Gasteiger partial charge in [-0.25, -0.2) is 8.42 Å². The van der Waals surface area contributed by atoms with E-state index in [9.17, 15) is 13.5 Å². The lowest BCUT2D eigenvalue weighted by atomic mass is 9.81. The van der Waals surface area contributed by atoms with Crippen LogP contribution in [0.2, 0.25) is 0 Å². The molecule has 0 aliphatic heterocycles. The highest BCUT2D eigenvalue weighted by atomic mass is 32.2. The molecule has 4 heteroatoms. The Balaban J connectivity index is 1.94. The molecule has 2 aliphatic carbocycles. The van der Waals surface area contributed by atoms with Gasteiger partial charge in [0, 0.05) is 12.9 Å². The number of aliphatic hydroxyl groups is 1. The van der Waals surface area contributed by atoms with Crippen LogP contribution in [0.1, 0.15) is 25.7 Å². The van der Waals surface area contributed by atoms with Gasteiger partial charge in [0.1, 0.15) is 9.84 Å². The number of hydrogen-bond acceptors (Lipinski definition) is 3. The molecule has 2 unspecified atom stereocenters. The summed E-state index contributed by atoms with van der Waals surface area (Å²) in [5, 5.41) is 9.36. The zero-order valence-corrected chi connectivity index (χ0v) is 9.39. The Kier molecular flexibility index (Phi) is 2.39. The topological polar surface area (TPSA) is 54.4 Å². The summed E-state index contributed by atoms with van der Waals surface area (Å²) in [4.78, 5) is 0. The molecular weight excluding hydrogens is 200 g/mol. The van der Waals surface area contributed by atoms with Crippen LogP contribution >= 0.6 is 0 Å². The zero-order chi connectivity index (χ0) is 10.4. The summed E-state index contributed by atoms with van der Waals surface area (Å²) < 4.78 is 22.1. The SMILES string of the molecule is CS(=O)(=O)CCC1(CO)CC2CC2C1. The second kappa shape index (κ2) is 3.20. The van der Waals surface area contributed by atoms with Crippen molar-refractivity contribution in [3.8, 4) is 0 Å². The molecule has 0 amide bonds. The van der Waals surface area contributed by atoms with Crippen LogP contribution < -0.4 is 0 Å². The molecule has 0 bridgehead atoms. The second-order valence-corrected chi connectivity index (χ2v) is 7.46. The third-order valence-corrected chi connectivity index (χ3v) is 4.74. The lowest BCUT2D eigenvalue weighted by Gasteiger charge is -2.28. The van der Waals surface area contributed by atoms with Crippen LogP contribution in [0.25, 0.3) is 0 Å². The van der Waals surface area contributed by atoms with E-state index in [0.717, 1.165) is 24.7 Å². The lowest BCUT2D eigenvalue weighted by Crippen LogP contribution is -2.26. The van der Waals surface area contributed by atoms with Crippen molar-refractivity contribution in [3.63, 3.8) is 0 Å². The van der Waals surface area contributed by atoms with E-state index < -0.39 is 9.84 Å². The van der Waals surface area contributed by atoms with E-state index >= 15 is 0 Å². The van der Waals surface area contributed by atoms with Gasteiger partial charge in [0.25, 0.3) is 0 Å². The first kappa shape index (κ1) is 10.4. The van der Waals surface area contributed by atoms with Crippen LogP contribution in [-0.2, 0) is 9.84 Å². The van der Waals surface area contributed by atoms with Gasteiger partial charge in [-0.05, 0) is 42.9 Å². The van der Waals surface area contributed by atoms with Gasteiger partial charge in [-0.2, -0.15) is 0 Å². The van der Waals surface area contributed by atoms with E-state index in [-0.39, 0.29) is 17.8 Å². The van der Waals surface area contributed by atoms with E-state index in [1.54, 1.807) is 0 Å². The van der Waals surface area contributed by atoms with Crippen molar-refractivity contribution in [1.29, 1.82) is 0 Å². The van der Waals surface area contributed by atoms with Crippen molar-refractivity contribution in [2.75, 3.05) is 18.6 Å². The summed E-state index contributed by atoms with van der Waals surface area (Å²) in [6.45, 7) is 0.162. The highest BCUT2D eigenvalue weighted by Gasteiger charge is 2.53. The van der Waals surface area contributed by atoms with Gasteiger partial charge >= 0.3 is 0 Å². The predicted molar refractivity (Wildman–Crippen MR) is 54.7 cm³/mol. The smallest absolute Gasteiger partial charge is 0.147 e. The molecule has 0 radical (unpaired) electrons. The molecule has 2 fully saturated rings. The minimum atomic E-state index is -2.87. The maximum Gasteiger partial charge on any atom is 0.147 e. The van der Waals surface area contributed by atoms with Crippen molar-refractivity contribution in [2.45, 2.75) is 25.7 Å². The largest absolute Gasteiger partial charge is 0.396 e. The third kappa shape index (κ3) is 2.11. The Morgan fingerprint density at radius 1 is 1.36 bits per heavy atom. The third-order valence-electron chi connectivity index (χ3n) is 3.80. The summed E-state index contributed by atoms with van der Waals surface area (Å²) >= 11 is 0. The first-order chi connectivity index (χ1) is 6.44. The minimum absolute atomic E-state index is 0.0589. The molecule has 0 aromatic carbocycles. The fourth-order valence-corrected chi connectivity index (χ4v) is 3.62. The summed E-state index contributed by atoms with van der Waals surface area (Å²) in [5.74, 6) is 1.82. The molecule has 0 spiro atoms. The normalized spacial score (nSPS) is 41.0. The van der Waals surface area contributed by atoms with Gasteiger partial charge in [-0.1, -0.05) is 0 Å². The van der Waals surface area contributed by atoms with Crippen LogP contribution in [0.5, 0.6) is 0 Å². The van der Waals surface area contributed by atoms with Crippen molar-refractivity contribution >= 4 is 9.84 Å². The molecule has 82 valence electrons. The van der Waals surface area contributed by atoms with Gasteiger partial charge < -0.3 is 5.11 Å². The van der Waals surface area contributed by atoms with Gasteiger partial charge in [0.15, 0.2) is 0 Å². The first-order valence-electron chi connectivity index (χ1n) is 5.23. The van der Waals surface area contributed by atoms with Gasteiger partial charge in [-0.3, -0.25) is 0 Å². The van der Waals surface area contributed by atoms with E-state index in [2.05, 4.69) is 0 Å². The zero-order valence-electron chi connectivity index (χ0n) is 8.57. The number of rotatable bonds is 4. The number of aliphatic hydroxyl groups excluding tert-OH is 1. The molecule has 14 heavy (non-hydrogen) atoms. The average molecular weight is 218 g/mol. The van der Waals surface area contributed by atoms with Crippen molar-refractivity contribution in [3.05, 3.63) is 0 Å². The van der Waals surface area contributed by atoms with E-state index in [1.165, 1.54) is 12.7 Å². The molecule has 0 aromatic heterocycles. The molecule has 0 saturated heterocycles. The molecule has 2 aliphatic rings. The maximum absolute atomic E-state index is 11.1. The molecule has 2 saturated carbocycles. The second-order valence-electron chi connectivity index (χ2n) is 5.20. The van der Waals surface area contributed by atoms with Crippen LogP contribution in [-0.4, -0.2) is 32.1 Å². The summed E-state index contributed by atoms with van der Waals surface area (Å²) in [6.07, 6.45) is 5.32. The Morgan fingerprint density at radius 3 is 2.36 bits per heavy atom. The molecule has 2 rings (SSSR count). The summed E-state index contributed by atoms with van der Waals surface area (Å²) in [7, 11) is -2.87. The van der Waals surface area contributed by atoms with E-state index in [4.69, 9.17) is 0 Å². The molecule has 3 nitrogen and oxygen atoms in total. The highest BCUT2D eigenvalue weighted by molar-refractivity contribution is 7.90. The number of sulfone groups is 1. The van der Waals surface area contributed by atoms with Crippen LogP contribution in [0.3, 0.4) is 0 Å². The summed E-state index contributed by atoms with van der Waals surface area (Å²) in [6, 6.07) is 0. The number of fused-ring (bicyclic) bond motifs is 1. The van der Waals surface area contributed by atoms with Crippen molar-refractivity contribution < 1.29 is 13.5 Å². The quantitative estimate of drug-likeness (QED) is 0.760. The van der Waals surface area contributed by atoms with E-state index in [0.29, 0.717) is 6.42 Å². The maximum atomic E-state index is 11.1. The Morgan fingerprint density at radius 2 is 1.93 bits per heavy atom. The van der Waals surface area contributed by atoms with Gasteiger partial charge in [-0.15, -0.1) is 0 Å². The number of hydrogen-bond donors (Lipinski definition) is 1. The molecular formula is C10H18O3S. The highest BCUT2D eigenvalue weighted by Crippen LogP contribution is 2.60. The standard InChI is InChI=1S/C10H18O3S/c1-14(12,13)3-2-10(7-11)5-8-4-9(8)6-10/h8-9,11H,2-7H2,1H3. The predicted octanol–water partition coefficient (Wildman–Crippen LogP) is 0.830. The fraction of sp³-hybridized carbons (Fsp3) is 1.00. The van der Waals surface area contributed by atoms with Crippen molar-refractivity contribution in [1.82, 2.24) is 0 Å². The molecule has 2 atom stereocenters. The summed E-state index contributed by atoms with van der Waals surface area (Å²) in [5.41, 5.74) is -0.0589. The van der Waals surface area contributed by atoms with Crippen molar-refractivity contribution in [2.24, 2.45) is 17.3 Å².